The van der Waals surface area contributed by atoms with Gasteiger partial charge in [-0.05, 0) is 43.7 Å². The van der Waals surface area contributed by atoms with Crippen molar-refractivity contribution in [1.82, 2.24) is 14.8 Å². The summed E-state index contributed by atoms with van der Waals surface area (Å²) >= 11 is 0. The van der Waals surface area contributed by atoms with E-state index in [1.54, 1.807) is 42.1 Å². The molecule has 0 aliphatic heterocycles. The Bertz CT molecular complexity index is 1380. The highest BCUT2D eigenvalue weighted by atomic mass is 16.5. The Kier molecular flexibility index (Phi) is 6.58. The predicted octanol–water partition coefficient (Wildman–Crippen LogP) is 4.66. The van der Waals surface area contributed by atoms with E-state index in [0.29, 0.717) is 34.2 Å². The van der Waals surface area contributed by atoms with Gasteiger partial charge in [-0.3, -0.25) is 9.59 Å². The van der Waals surface area contributed by atoms with E-state index < -0.39 is 0 Å². The lowest BCUT2D eigenvalue weighted by atomic mass is 10.1. The van der Waals surface area contributed by atoms with E-state index in [0.717, 1.165) is 16.6 Å². The van der Waals surface area contributed by atoms with Crippen LogP contribution in [0.4, 0.5) is 5.82 Å². The number of ether oxygens (including phenoxy) is 2. The van der Waals surface area contributed by atoms with Crippen LogP contribution in [0.1, 0.15) is 34.5 Å². The molecule has 8 heteroatoms. The van der Waals surface area contributed by atoms with Crippen LogP contribution in [0.3, 0.4) is 0 Å². The fraction of sp³-hybridized carbons (Fsp3) is 0.231. The zero-order chi connectivity index (χ0) is 24.2. The maximum Gasteiger partial charge on any atom is 0.225 e. The third kappa shape index (κ3) is 4.61. The Morgan fingerprint density at radius 2 is 1.68 bits per heavy atom. The number of hydrogen-bond donors (Lipinski definition) is 1. The number of rotatable bonds is 8. The molecule has 8 nitrogen and oxygen atoms in total. The van der Waals surface area contributed by atoms with Gasteiger partial charge in [-0.2, -0.15) is 9.78 Å². The van der Waals surface area contributed by atoms with E-state index in [2.05, 4.69) is 10.4 Å². The van der Waals surface area contributed by atoms with Crippen LogP contribution in [0.25, 0.3) is 16.7 Å². The van der Waals surface area contributed by atoms with Crippen molar-refractivity contribution in [3.8, 4) is 17.3 Å². The minimum atomic E-state index is -0.292. The highest BCUT2D eigenvalue weighted by Gasteiger charge is 2.17. The van der Waals surface area contributed by atoms with E-state index in [-0.39, 0.29) is 24.5 Å². The Hall–Kier alpha value is -4.20. The van der Waals surface area contributed by atoms with Gasteiger partial charge >= 0.3 is 0 Å². The number of methoxy groups -OCH3 is 2. The predicted molar refractivity (Wildman–Crippen MR) is 130 cm³/mol. The molecule has 0 radical (unpaired) electrons. The first-order valence-corrected chi connectivity index (χ1v) is 10.9. The van der Waals surface area contributed by atoms with Gasteiger partial charge < -0.3 is 14.8 Å². The lowest BCUT2D eigenvalue weighted by molar-refractivity contribution is -0.116. The van der Waals surface area contributed by atoms with Crippen LogP contribution in [0.2, 0.25) is 0 Å². The van der Waals surface area contributed by atoms with Crippen molar-refractivity contribution in [2.24, 2.45) is 0 Å². The normalized spacial score (nSPS) is 10.8. The molecule has 34 heavy (non-hydrogen) atoms. The maximum absolute atomic E-state index is 12.7. The van der Waals surface area contributed by atoms with Crippen molar-refractivity contribution in [2.45, 2.75) is 26.7 Å². The largest absolute Gasteiger partial charge is 0.496 e. The lowest BCUT2D eigenvalue weighted by Gasteiger charge is -2.12. The van der Waals surface area contributed by atoms with Crippen LogP contribution >= 0.6 is 0 Å². The van der Waals surface area contributed by atoms with Gasteiger partial charge in [-0.15, -0.1) is 0 Å². The minimum Gasteiger partial charge on any atom is -0.496 e. The van der Waals surface area contributed by atoms with Crippen molar-refractivity contribution >= 4 is 28.4 Å². The van der Waals surface area contributed by atoms with E-state index in [1.165, 1.54) is 7.11 Å². The fourth-order valence-corrected chi connectivity index (χ4v) is 3.85. The molecule has 1 amide bonds. The number of fused-ring (bicyclic) bond motifs is 1. The molecule has 0 saturated heterocycles. The highest BCUT2D eigenvalue weighted by Crippen LogP contribution is 2.28. The van der Waals surface area contributed by atoms with Crippen LogP contribution in [0, 0.1) is 13.8 Å². The van der Waals surface area contributed by atoms with E-state index >= 15 is 0 Å². The number of nitrogens with zero attached hydrogens (tertiary/aromatic N) is 3. The highest BCUT2D eigenvalue weighted by molar-refractivity contribution is 6.01. The Balaban J connectivity index is 1.55. The Morgan fingerprint density at radius 1 is 0.941 bits per heavy atom. The third-order valence-electron chi connectivity index (χ3n) is 5.52. The number of pyridine rings is 1. The van der Waals surface area contributed by atoms with Crippen LogP contribution in [-0.2, 0) is 4.79 Å². The molecule has 2 aromatic carbocycles. The molecule has 0 atom stereocenters. The first kappa shape index (κ1) is 23.0. The number of para-hydroxylation sites is 2. The summed E-state index contributed by atoms with van der Waals surface area (Å²) < 4.78 is 12.3. The fourth-order valence-electron chi connectivity index (χ4n) is 3.85. The number of aromatic nitrogens is 3. The first-order valence-electron chi connectivity index (χ1n) is 10.9. The number of hydrogen-bond acceptors (Lipinski definition) is 6. The molecule has 0 fully saturated rings. The van der Waals surface area contributed by atoms with Crippen molar-refractivity contribution in [3.05, 3.63) is 71.4 Å². The van der Waals surface area contributed by atoms with Gasteiger partial charge in [0.25, 0.3) is 0 Å². The summed E-state index contributed by atoms with van der Waals surface area (Å²) in [5.41, 5.74) is 2.91. The number of nitrogens with one attached hydrogen (secondary N) is 1. The minimum absolute atomic E-state index is 0.0269. The zero-order valence-corrected chi connectivity index (χ0v) is 19.6. The van der Waals surface area contributed by atoms with Crippen LogP contribution < -0.4 is 14.8 Å². The number of carbonyl (C=O) groups is 2. The topological polar surface area (TPSA) is 95.3 Å². The monoisotopic (exact) mass is 458 g/mol. The molecule has 2 heterocycles. The molecule has 0 spiro atoms. The number of carbonyl (C=O) groups excluding carboxylic acids is 2. The van der Waals surface area contributed by atoms with Gasteiger partial charge in [-0.25, -0.2) is 4.98 Å². The summed E-state index contributed by atoms with van der Waals surface area (Å²) in [6, 6.07) is 16.4. The van der Waals surface area contributed by atoms with Gasteiger partial charge in [0.2, 0.25) is 5.91 Å². The summed E-state index contributed by atoms with van der Waals surface area (Å²) in [4.78, 5) is 30.0. The standard InChI is InChI=1S/C26H26N4O4/c1-16-14-23(28-26-18(16)9-7-11-22(26)34-4)30-24(15-17(2)29-30)27-25(32)13-12-20(31)19-8-5-6-10-21(19)33-3/h5-11,14-15H,12-13H2,1-4H3,(H,27,32). The average molecular weight is 459 g/mol. The molecule has 2 aromatic heterocycles. The van der Waals surface area contributed by atoms with Crippen LogP contribution in [-0.4, -0.2) is 40.7 Å². The van der Waals surface area contributed by atoms with Gasteiger partial charge in [0.1, 0.15) is 22.8 Å². The second-order valence-corrected chi connectivity index (χ2v) is 7.91. The van der Waals surface area contributed by atoms with E-state index in [9.17, 15) is 9.59 Å². The molecule has 4 rings (SSSR count). The van der Waals surface area contributed by atoms with Gasteiger partial charge in [0.05, 0.1) is 25.5 Å². The van der Waals surface area contributed by atoms with Crippen LogP contribution in [0.5, 0.6) is 11.5 Å². The van der Waals surface area contributed by atoms with Gasteiger partial charge in [0.15, 0.2) is 11.6 Å². The first-order chi connectivity index (χ1) is 16.4. The smallest absolute Gasteiger partial charge is 0.225 e. The van der Waals surface area contributed by atoms with Gasteiger partial charge in [0, 0.05) is 24.3 Å². The van der Waals surface area contributed by atoms with Crippen molar-refractivity contribution in [3.63, 3.8) is 0 Å². The number of Topliss-reactive ketones (excluding diaryl/α,β-unsaturated/α-hetero) is 1. The summed E-state index contributed by atoms with van der Waals surface area (Å²) in [6.07, 6.45) is 0.0863. The molecule has 4 aromatic rings. The molecular weight excluding hydrogens is 432 g/mol. The molecule has 0 aliphatic carbocycles. The number of amides is 1. The lowest BCUT2D eigenvalue weighted by Crippen LogP contribution is -2.17. The number of anilines is 1. The summed E-state index contributed by atoms with van der Waals surface area (Å²) in [5.74, 6) is 1.74. The maximum atomic E-state index is 12.7. The number of ketones is 1. The van der Waals surface area contributed by atoms with E-state index in [4.69, 9.17) is 14.5 Å². The molecule has 1 N–H and O–H groups in total. The number of aryl methyl sites for hydroxylation is 2. The summed E-state index contributed by atoms with van der Waals surface area (Å²) in [5, 5.41) is 8.37. The SMILES string of the molecule is COc1ccccc1C(=O)CCC(=O)Nc1cc(C)nn1-c1cc(C)c2cccc(OC)c2n1. The quantitative estimate of drug-likeness (QED) is 0.386. The molecule has 0 bridgehead atoms. The van der Waals surface area contributed by atoms with Crippen molar-refractivity contribution in [2.75, 3.05) is 19.5 Å². The summed E-state index contributed by atoms with van der Waals surface area (Å²) in [7, 11) is 3.12. The molecular formula is C26H26N4O4. The number of benzene rings is 2. The average Bonchev–Trinajstić information content (AvgIpc) is 3.21. The molecule has 0 aliphatic rings. The van der Waals surface area contributed by atoms with Crippen molar-refractivity contribution < 1.29 is 19.1 Å². The second kappa shape index (κ2) is 9.74. The van der Waals surface area contributed by atoms with Gasteiger partial charge in [-0.1, -0.05) is 24.3 Å². The molecule has 0 unspecified atom stereocenters. The summed E-state index contributed by atoms with van der Waals surface area (Å²) in [6.45, 7) is 3.83. The third-order valence-corrected chi connectivity index (χ3v) is 5.52. The van der Waals surface area contributed by atoms with E-state index in [1.807, 2.05) is 38.1 Å². The zero-order valence-electron chi connectivity index (χ0n) is 19.6. The molecule has 174 valence electrons. The van der Waals surface area contributed by atoms with Crippen molar-refractivity contribution in [1.29, 1.82) is 0 Å². The Labute approximate surface area is 197 Å². The van der Waals surface area contributed by atoms with Crippen LogP contribution in [0.15, 0.2) is 54.6 Å². The Morgan fingerprint density at radius 3 is 2.44 bits per heavy atom. The molecule has 0 saturated carbocycles. The second-order valence-electron chi connectivity index (χ2n) is 7.91.